The Morgan fingerprint density at radius 3 is 2.93 bits per heavy atom. The molecule has 1 saturated heterocycles. The summed E-state index contributed by atoms with van der Waals surface area (Å²) in [6, 6.07) is 3.70. The van der Waals surface area contributed by atoms with Gasteiger partial charge in [0.1, 0.15) is 0 Å². The normalized spacial score (nSPS) is 22.2. The fourth-order valence-electron chi connectivity index (χ4n) is 3.75. The molecule has 0 radical (unpaired) electrons. The van der Waals surface area contributed by atoms with Gasteiger partial charge in [-0.3, -0.25) is 9.69 Å². The number of hydrogen-bond donors (Lipinski definition) is 3. The molecule has 1 aromatic rings. The van der Waals surface area contributed by atoms with E-state index in [1.807, 2.05) is 19.1 Å². The third kappa shape index (κ3) is 6.05. The fourth-order valence-corrected chi connectivity index (χ4v) is 3.75. The minimum atomic E-state index is -0.504. The van der Waals surface area contributed by atoms with Gasteiger partial charge < -0.3 is 29.7 Å². The number of amides is 1. The van der Waals surface area contributed by atoms with Crippen LogP contribution in [-0.4, -0.2) is 86.3 Å². The Hall–Kier alpha value is -1.87. The zero-order valence-electron chi connectivity index (χ0n) is 17.1. The molecule has 0 spiro atoms. The van der Waals surface area contributed by atoms with Gasteiger partial charge in [0.25, 0.3) is 5.91 Å². The molecule has 1 aromatic carbocycles. The zero-order valence-corrected chi connectivity index (χ0v) is 17.1. The van der Waals surface area contributed by atoms with E-state index in [4.69, 9.17) is 19.3 Å². The number of aliphatic hydroxyl groups is 2. The maximum absolute atomic E-state index is 12.8. The van der Waals surface area contributed by atoms with E-state index in [2.05, 4.69) is 10.2 Å². The first-order valence-corrected chi connectivity index (χ1v) is 10.4. The number of ether oxygens (including phenoxy) is 3. The molecule has 162 valence electrons. The van der Waals surface area contributed by atoms with Crippen LogP contribution in [0.5, 0.6) is 11.5 Å². The van der Waals surface area contributed by atoms with Crippen molar-refractivity contribution in [3.63, 3.8) is 0 Å². The van der Waals surface area contributed by atoms with Crippen LogP contribution in [0, 0.1) is 12.8 Å². The highest BCUT2D eigenvalue weighted by molar-refractivity contribution is 5.98. The molecule has 2 aliphatic heterocycles. The van der Waals surface area contributed by atoms with E-state index in [9.17, 15) is 9.90 Å². The molecule has 29 heavy (non-hydrogen) atoms. The molecule has 1 fully saturated rings. The first-order chi connectivity index (χ1) is 14.1. The Morgan fingerprint density at radius 2 is 2.14 bits per heavy atom. The number of β-amino-alcohol motifs (C(OH)–C–C–N with tert-alkyl or cyclic N) is 1. The van der Waals surface area contributed by atoms with Crippen molar-refractivity contribution in [3.05, 3.63) is 23.3 Å². The number of benzene rings is 1. The number of likely N-dealkylation sites (tertiary alicyclic amines) is 1. The first kappa shape index (κ1) is 21.8. The molecule has 8 heteroatoms. The van der Waals surface area contributed by atoms with Gasteiger partial charge >= 0.3 is 0 Å². The number of carbonyl (C=O) groups is 1. The summed E-state index contributed by atoms with van der Waals surface area (Å²) < 4.78 is 16.8. The summed E-state index contributed by atoms with van der Waals surface area (Å²) in [6.07, 6.45) is 1.08. The van der Waals surface area contributed by atoms with Crippen LogP contribution < -0.4 is 14.8 Å². The van der Waals surface area contributed by atoms with Crippen LogP contribution in [0.3, 0.4) is 0 Å². The van der Waals surface area contributed by atoms with Crippen LogP contribution in [0.1, 0.15) is 28.8 Å². The van der Waals surface area contributed by atoms with Crippen LogP contribution >= 0.6 is 0 Å². The van der Waals surface area contributed by atoms with Crippen LogP contribution in [-0.2, 0) is 4.74 Å². The number of rotatable bonds is 8. The van der Waals surface area contributed by atoms with Crippen LogP contribution in [0.4, 0.5) is 0 Å². The summed E-state index contributed by atoms with van der Waals surface area (Å²) in [5.41, 5.74) is 1.42. The van der Waals surface area contributed by atoms with E-state index in [1.165, 1.54) is 0 Å². The van der Waals surface area contributed by atoms with E-state index in [1.54, 1.807) is 0 Å². The number of hydrogen-bond acceptors (Lipinski definition) is 7. The predicted molar refractivity (Wildman–Crippen MR) is 108 cm³/mol. The van der Waals surface area contributed by atoms with Gasteiger partial charge in [-0.05, 0) is 37.6 Å². The third-order valence-corrected chi connectivity index (χ3v) is 5.35. The Labute approximate surface area is 171 Å². The Balaban J connectivity index is 1.52. The van der Waals surface area contributed by atoms with Gasteiger partial charge in [0, 0.05) is 32.0 Å². The molecule has 0 saturated carbocycles. The van der Waals surface area contributed by atoms with Gasteiger partial charge in [0.2, 0.25) is 0 Å². The van der Waals surface area contributed by atoms with Crippen molar-refractivity contribution in [1.29, 1.82) is 0 Å². The molecule has 1 amide bonds. The molecule has 0 bridgehead atoms. The molecular weight excluding hydrogens is 376 g/mol. The van der Waals surface area contributed by atoms with Gasteiger partial charge in [-0.25, -0.2) is 0 Å². The Morgan fingerprint density at radius 1 is 1.31 bits per heavy atom. The first-order valence-electron chi connectivity index (χ1n) is 10.4. The summed E-state index contributed by atoms with van der Waals surface area (Å²) in [4.78, 5) is 15.0. The molecule has 0 aliphatic carbocycles. The van der Waals surface area contributed by atoms with Crippen LogP contribution in [0.15, 0.2) is 12.1 Å². The van der Waals surface area contributed by atoms with Crippen molar-refractivity contribution in [2.24, 2.45) is 5.92 Å². The van der Waals surface area contributed by atoms with Crippen molar-refractivity contribution in [1.82, 2.24) is 10.2 Å². The lowest BCUT2D eigenvalue weighted by atomic mass is 9.93. The summed E-state index contributed by atoms with van der Waals surface area (Å²) in [5.74, 6) is 0.921. The monoisotopic (exact) mass is 408 g/mol. The average molecular weight is 408 g/mol. The van der Waals surface area contributed by atoms with Crippen molar-refractivity contribution in [3.8, 4) is 11.5 Å². The SMILES string of the molecule is Cc1cc2c(c(C(=O)NC[C@H]3CCN(CCOCCO)C[C@H]3O)c1)OCCCO2. The van der Waals surface area contributed by atoms with Crippen molar-refractivity contribution in [2.45, 2.75) is 25.9 Å². The van der Waals surface area contributed by atoms with Crippen molar-refractivity contribution in [2.75, 3.05) is 59.2 Å². The molecule has 2 aliphatic rings. The fraction of sp³-hybridized carbons (Fsp3) is 0.667. The van der Waals surface area contributed by atoms with Crippen molar-refractivity contribution >= 4 is 5.91 Å². The maximum atomic E-state index is 12.8. The lowest BCUT2D eigenvalue weighted by Crippen LogP contribution is -2.48. The minimum absolute atomic E-state index is 0.00846. The van der Waals surface area contributed by atoms with Gasteiger partial charge in [0.15, 0.2) is 11.5 Å². The number of aliphatic hydroxyl groups excluding tert-OH is 2. The molecule has 8 nitrogen and oxygen atoms in total. The second-order valence-corrected chi connectivity index (χ2v) is 7.65. The molecule has 2 heterocycles. The summed E-state index contributed by atoms with van der Waals surface area (Å²) in [7, 11) is 0. The van der Waals surface area contributed by atoms with Gasteiger partial charge in [-0.15, -0.1) is 0 Å². The minimum Gasteiger partial charge on any atom is -0.490 e. The number of piperidine rings is 1. The van der Waals surface area contributed by atoms with Crippen LogP contribution in [0.25, 0.3) is 0 Å². The third-order valence-electron chi connectivity index (χ3n) is 5.35. The zero-order chi connectivity index (χ0) is 20.6. The highest BCUT2D eigenvalue weighted by atomic mass is 16.5. The van der Waals surface area contributed by atoms with E-state index in [0.717, 1.165) is 31.5 Å². The number of fused-ring (bicyclic) bond motifs is 1. The number of carbonyl (C=O) groups excluding carboxylic acids is 1. The van der Waals surface area contributed by atoms with E-state index in [-0.39, 0.29) is 18.4 Å². The van der Waals surface area contributed by atoms with Gasteiger partial charge in [-0.1, -0.05) is 0 Å². The molecule has 0 unspecified atom stereocenters. The molecule has 0 aromatic heterocycles. The molecule has 3 N–H and O–H groups in total. The molecule has 2 atom stereocenters. The summed E-state index contributed by atoms with van der Waals surface area (Å²) in [5, 5.41) is 22.2. The van der Waals surface area contributed by atoms with E-state index < -0.39 is 6.10 Å². The van der Waals surface area contributed by atoms with Crippen LogP contribution in [0.2, 0.25) is 0 Å². The summed E-state index contributed by atoms with van der Waals surface area (Å²) in [6.45, 7) is 6.46. The second kappa shape index (κ2) is 10.8. The van der Waals surface area contributed by atoms with E-state index in [0.29, 0.717) is 56.6 Å². The maximum Gasteiger partial charge on any atom is 0.255 e. The number of nitrogens with zero attached hydrogens (tertiary/aromatic N) is 1. The Kier molecular flexibility index (Phi) is 8.11. The smallest absolute Gasteiger partial charge is 0.255 e. The standard InChI is InChI=1S/C21H32N2O6/c1-15-11-17(20-19(12-15)28-7-2-8-29-20)21(26)22-13-16-3-4-23(14-18(16)25)5-9-27-10-6-24/h11-12,16,18,24-25H,2-10,13-14H2,1H3,(H,22,26)/t16-,18-/m1/s1. The number of nitrogens with one attached hydrogen (secondary N) is 1. The molecule has 3 rings (SSSR count). The van der Waals surface area contributed by atoms with Gasteiger partial charge in [0.05, 0.1) is 44.7 Å². The second-order valence-electron chi connectivity index (χ2n) is 7.65. The largest absolute Gasteiger partial charge is 0.490 e. The molecular formula is C21H32N2O6. The highest BCUT2D eigenvalue weighted by Gasteiger charge is 2.28. The van der Waals surface area contributed by atoms with Crippen molar-refractivity contribution < 1.29 is 29.2 Å². The quantitative estimate of drug-likeness (QED) is 0.541. The Bertz CT molecular complexity index is 683. The number of aryl methyl sites for hydroxylation is 1. The predicted octanol–water partition coefficient (Wildman–Crippen LogP) is 0.578. The summed E-state index contributed by atoms with van der Waals surface area (Å²) >= 11 is 0. The lowest BCUT2D eigenvalue weighted by Gasteiger charge is -2.35. The van der Waals surface area contributed by atoms with E-state index >= 15 is 0 Å². The average Bonchev–Trinajstić information content (AvgIpc) is 2.95. The lowest BCUT2D eigenvalue weighted by molar-refractivity contribution is 0.00568. The highest BCUT2D eigenvalue weighted by Crippen LogP contribution is 2.34. The van der Waals surface area contributed by atoms with Gasteiger partial charge in [-0.2, -0.15) is 0 Å². The topological polar surface area (TPSA) is 100 Å².